The van der Waals surface area contributed by atoms with E-state index in [4.69, 9.17) is 5.73 Å². The second-order valence-electron chi connectivity index (χ2n) is 8.23. The Morgan fingerprint density at radius 3 is 2.71 bits per heavy atom. The van der Waals surface area contributed by atoms with E-state index in [0.29, 0.717) is 35.5 Å². The SMILES string of the molecule is CC(S)C(=O)N1CCCC1C(=O)N(C(=O)C(N)Cc1[c]cccc1)C(Cc1c[nH]cn1)C(=O)O. The largest absolute Gasteiger partial charge is 0.480 e. The summed E-state index contributed by atoms with van der Waals surface area (Å²) in [7, 11) is 0. The first kappa shape index (κ1) is 25.4. The Morgan fingerprint density at radius 2 is 2.12 bits per heavy atom. The molecule has 2 aromatic rings. The van der Waals surface area contributed by atoms with E-state index in [1.165, 1.54) is 17.4 Å². The molecule has 1 aliphatic heterocycles. The monoisotopic (exact) mass is 486 g/mol. The average molecular weight is 487 g/mol. The number of thiol groups is 1. The number of hydrogen-bond acceptors (Lipinski definition) is 7. The van der Waals surface area contributed by atoms with E-state index in [2.05, 4.69) is 28.7 Å². The van der Waals surface area contributed by atoms with Crippen molar-refractivity contribution in [1.29, 1.82) is 0 Å². The smallest absolute Gasteiger partial charge is 0.327 e. The number of aromatic amines is 1. The Kier molecular flexibility index (Phi) is 8.46. The van der Waals surface area contributed by atoms with Crippen LogP contribution < -0.4 is 5.73 Å². The second kappa shape index (κ2) is 11.3. The van der Waals surface area contributed by atoms with E-state index in [1.54, 1.807) is 31.2 Å². The molecule has 34 heavy (non-hydrogen) atoms. The van der Waals surface area contributed by atoms with Crippen LogP contribution in [-0.4, -0.2) is 78.5 Å². The first-order chi connectivity index (χ1) is 16.2. The summed E-state index contributed by atoms with van der Waals surface area (Å²) in [4.78, 5) is 60.9. The van der Waals surface area contributed by atoms with Gasteiger partial charge in [-0.05, 0) is 37.8 Å². The van der Waals surface area contributed by atoms with Crippen molar-refractivity contribution in [3.8, 4) is 0 Å². The van der Waals surface area contributed by atoms with Crippen LogP contribution in [-0.2, 0) is 32.0 Å². The number of amides is 3. The summed E-state index contributed by atoms with van der Waals surface area (Å²) in [6.07, 6.45) is 3.60. The van der Waals surface area contributed by atoms with Crippen molar-refractivity contribution in [3.05, 3.63) is 54.1 Å². The lowest BCUT2D eigenvalue weighted by Crippen LogP contribution is -2.60. The normalized spacial score (nSPS) is 18.2. The molecule has 0 bridgehead atoms. The number of aliphatic carboxylic acids is 1. The number of nitrogens with one attached hydrogen (secondary N) is 1. The maximum absolute atomic E-state index is 13.7. The molecule has 1 aromatic carbocycles. The van der Waals surface area contributed by atoms with Gasteiger partial charge in [-0.3, -0.25) is 19.3 Å². The standard InChI is InChI=1S/C23H28N5O5S/c1-14(34)20(29)27-9-5-8-18(27)22(31)28(19(23(32)33)11-16-12-25-13-26-16)21(30)17(24)10-15-6-3-2-4-7-15/h2-4,6,12-14,17-19,34H,5,8-11,24H2,1H3,(H,25,26)(H,32,33). The van der Waals surface area contributed by atoms with Gasteiger partial charge in [0.2, 0.25) is 11.8 Å². The lowest BCUT2D eigenvalue weighted by molar-refractivity contribution is -0.161. The first-order valence-corrected chi connectivity index (χ1v) is 11.5. The van der Waals surface area contributed by atoms with Gasteiger partial charge in [0.25, 0.3) is 5.91 Å². The van der Waals surface area contributed by atoms with Crippen LogP contribution in [0.25, 0.3) is 0 Å². The summed E-state index contributed by atoms with van der Waals surface area (Å²) in [5, 5.41) is 9.35. The van der Waals surface area contributed by atoms with Crippen LogP contribution in [0, 0.1) is 6.07 Å². The number of nitrogens with zero attached hydrogens (tertiary/aromatic N) is 3. The molecule has 3 amide bonds. The topological polar surface area (TPSA) is 150 Å². The molecule has 4 atom stereocenters. The van der Waals surface area contributed by atoms with Gasteiger partial charge in [-0.25, -0.2) is 9.78 Å². The van der Waals surface area contributed by atoms with Crippen LogP contribution in [0.3, 0.4) is 0 Å². The molecule has 1 fully saturated rings. The summed E-state index contributed by atoms with van der Waals surface area (Å²) < 4.78 is 0. The molecular weight excluding hydrogens is 458 g/mol. The number of carboxylic acid groups (broad SMARTS) is 1. The molecule has 0 saturated carbocycles. The molecule has 181 valence electrons. The van der Waals surface area contributed by atoms with E-state index in [0.717, 1.165) is 0 Å². The molecule has 0 aliphatic carbocycles. The molecule has 0 spiro atoms. The maximum Gasteiger partial charge on any atom is 0.327 e. The summed E-state index contributed by atoms with van der Waals surface area (Å²) in [6, 6.07) is 6.23. The molecule has 4 N–H and O–H groups in total. The van der Waals surface area contributed by atoms with Gasteiger partial charge in [0.15, 0.2) is 0 Å². The number of H-pyrrole nitrogens is 1. The van der Waals surface area contributed by atoms with E-state index in [9.17, 15) is 24.3 Å². The Balaban J connectivity index is 1.94. The van der Waals surface area contributed by atoms with Crippen molar-refractivity contribution in [2.45, 2.75) is 56.0 Å². The summed E-state index contributed by atoms with van der Waals surface area (Å²) >= 11 is 4.18. The Morgan fingerprint density at radius 1 is 1.35 bits per heavy atom. The highest BCUT2D eigenvalue weighted by molar-refractivity contribution is 7.81. The number of rotatable bonds is 9. The molecule has 1 aromatic heterocycles. The van der Waals surface area contributed by atoms with Crippen molar-refractivity contribution >= 4 is 36.3 Å². The minimum absolute atomic E-state index is 0.0686. The van der Waals surface area contributed by atoms with Crippen molar-refractivity contribution in [3.63, 3.8) is 0 Å². The predicted octanol–water partition coefficient (Wildman–Crippen LogP) is 0.440. The number of aromatic nitrogens is 2. The number of imide groups is 1. The summed E-state index contributed by atoms with van der Waals surface area (Å²) in [6.45, 7) is 1.92. The number of imidazole rings is 1. The average Bonchev–Trinajstić information content (AvgIpc) is 3.50. The number of likely N-dealkylation sites (tertiary alicyclic amines) is 1. The highest BCUT2D eigenvalue weighted by atomic mass is 32.1. The van der Waals surface area contributed by atoms with Crippen LogP contribution in [0.5, 0.6) is 0 Å². The minimum atomic E-state index is -1.54. The second-order valence-corrected chi connectivity index (χ2v) is 9.00. The number of hydrogen-bond donors (Lipinski definition) is 4. The fourth-order valence-corrected chi connectivity index (χ4v) is 4.20. The van der Waals surface area contributed by atoms with Crippen LogP contribution >= 0.6 is 12.6 Å². The first-order valence-electron chi connectivity index (χ1n) is 11.0. The minimum Gasteiger partial charge on any atom is -0.480 e. The van der Waals surface area contributed by atoms with Gasteiger partial charge >= 0.3 is 5.97 Å². The molecular formula is C23H28N5O5S. The quantitative estimate of drug-likeness (QED) is 0.376. The van der Waals surface area contributed by atoms with E-state index in [1.807, 2.05) is 0 Å². The molecule has 4 unspecified atom stereocenters. The Bertz CT molecular complexity index is 1010. The third-order valence-corrected chi connectivity index (χ3v) is 5.96. The van der Waals surface area contributed by atoms with E-state index < -0.39 is 41.2 Å². The molecule has 2 heterocycles. The number of nitrogens with two attached hydrogens (primary N) is 1. The van der Waals surface area contributed by atoms with E-state index >= 15 is 0 Å². The van der Waals surface area contributed by atoms with Crippen molar-refractivity contribution in [2.75, 3.05) is 6.54 Å². The maximum atomic E-state index is 13.7. The van der Waals surface area contributed by atoms with Crippen LogP contribution in [0.2, 0.25) is 0 Å². The van der Waals surface area contributed by atoms with Crippen LogP contribution in [0.1, 0.15) is 31.0 Å². The molecule has 1 radical (unpaired) electrons. The van der Waals surface area contributed by atoms with Crippen LogP contribution in [0.15, 0.2) is 36.8 Å². The zero-order valence-electron chi connectivity index (χ0n) is 18.8. The fraction of sp³-hybridized carbons (Fsp3) is 0.435. The third kappa shape index (κ3) is 5.84. The highest BCUT2D eigenvalue weighted by Crippen LogP contribution is 2.24. The molecule has 3 rings (SSSR count). The Hall–Kier alpha value is -3.18. The number of benzene rings is 1. The van der Waals surface area contributed by atoms with Crippen molar-refractivity contribution < 1.29 is 24.3 Å². The molecule has 1 saturated heterocycles. The van der Waals surface area contributed by atoms with Gasteiger partial charge in [0.1, 0.15) is 12.1 Å². The van der Waals surface area contributed by atoms with Gasteiger partial charge in [-0.2, -0.15) is 12.6 Å². The molecule has 11 heteroatoms. The fourth-order valence-electron chi connectivity index (χ4n) is 4.05. The van der Waals surface area contributed by atoms with Gasteiger partial charge in [-0.1, -0.05) is 24.3 Å². The lowest BCUT2D eigenvalue weighted by Gasteiger charge is -2.34. The third-order valence-electron chi connectivity index (χ3n) is 5.74. The number of carbonyl (C=O) groups is 4. The van der Waals surface area contributed by atoms with Gasteiger partial charge in [0.05, 0.1) is 23.3 Å². The molecule has 1 aliphatic rings. The van der Waals surface area contributed by atoms with Crippen molar-refractivity contribution in [1.82, 2.24) is 19.8 Å². The van der Waals surface area contributed by atoms with Crippen LogP contribution in [0.4, 0.5) is 0 Å². The zero-order valence-corrected chi connectivity index (χ0v) is 19.6. The molecule has 10 nitrogen and oxygen atoms in total. The predicted molar refractivity (Wildman–Crippen MR) is 126 cm³/mol. The number of carbonyl (C=O) groups excluding carboxylic acids is 3. The lowest BCUT2D eigenvalue weighted by atomic mass is 10.0. The van der Waals surface area contributed by atoms with Crippen molar-refractivity contribution in [2.24, 2.45) is 5.73 Å². The van der Waals surface area contributed by atoms with E-state index in [-0.39, 0.29) is 18.7 Å². The Labute approximate surface area is 202 Å². The van der Waals surface area contributed by atoms with Gasteiger partial charge in [-0.15, -0.1) is 0 Å². The summed E-state index contributed by atoms with van der Waals surface area (Å²) in [5.41, 5.74) is 7.19. The highest BCUT2D eigenvalue weighted by Gasteiger charge is 2.44. The van der Waals surface area contributed by atoms with Gasteiger partial charge < -0.3 is 20.7 Å². The number of carboxylic acids is 1. The zero-order chi connectivity index (χ0) is 24.8. The van der Waals surface area contributed by atoms with Gasteiger partial charge in [0, 0.05) is 19.2 Å². The summed E-state index contributed by atoms with van der Waals surface area (Å²) in [5.74, 6) is -3.32.